The number of likely N-dealkylation sites (tertiary alicyclic amines) is 1. The number of rotatable bonds is 5. The molecule has 6 heteroatoms. The zero-order chi connectivity index (χ0) is 17.5. The molecule has 1 aromatic carbocycles. The van der Waals surface area contributed by atoms with Gasteiger partial charge in [0, 0.05) is 18.5 Å². The van der Waals surface area contributed by atoms with E-state index in [1.54, 1.807) is 12.0 Å². The third kappa shape index (κ3) is 4.81. The number of hydrogen-bond acceptors (Lipinski definition) is 4. The van der Waals surface area contributed by atoms with Gasteiger partial charge in [0.05, 0.1) is 12.8 Å². The summed E-state index contributed by atoms with van der Waals surface area (Å²) in [6, 6.07) is 5.79. The van der Waals surface area contributed by atoms with Crippen LogP contribution in [-0.2, 0) is 9.59 Å². The van der Waals surface area contributed by atoms with Gasteiger partial charge in [0.25, 0.3) is 5.91 Å². The van der Waals surface area contributed by atoms with Crippen molar-refractivity contribution in [1.29, 1.82) is 0 Å². The minimum atomic E-state index is -0.281. The third-order valence-electron chi connectivity index (χ3n) is 4.10. The fraction of sp³-hybridized carbons (Fsp3) is 0.500. The van der Waals surface area contributed by atoms with E-state index in [9.17, 15) is 9.59 Å². The predicted octanol–water partition coefficient (Wildman–Crippen LogP) is 2.25. The van der Waals surface area contributed by atoms with Crippen molar-refractivity contribution in [3.63, 3.8) is 0 Å². The van der Waals surface area contributed by atoms with E-state index in [1.807, 2.05) is 32.0 Å². The van der Waals surface area contributed by atoms with Gasteiger partial charge in [-0.15, -0.1) is 0 Å². The van der Waals surface area contributed by atoms with Crippen LogP contribution >= 0.6 is 0 Å². The lowest BCUT2D eigenvalue weighted by molar-refractivity contribution is -0.135. The Morgan fingerprint density at radius 2 is 2.12 bits per heavy atom. The van der Waals surface area contributed by atoms with Crippen molar-refractivity contribution in [3.05, 3.63) is 29.3 Å². The molecule has 0 bridgehead atoms. The van der Waals surface area contributed by atoms with Crippen LogP contribution in [-0.4, -0.2) is 42.6 Å². The van der Waals surface area contributed by atoms with Gasteiger partial charge in [-0.2, -0.15) is 5.10 Å². The number of benzene rings is 1. The average molecular weight is 331 g/mol. The summed E-state index contributed by atoms with van der Waals surface area (Å²) in [7, 11) is 1.60. The molecule has 2 amide bonds. The number of nitrogens with zero attached hydrogens (tertiary/aromatic N) is 2. The summed E-state index contributed by atoms with van der Waals surface area (Å²) in [4.78, 5) is 25.6. The third-order valence-corrected chi connectivity index (χ3v) is 4.10. The highest BCUT2D eigenvalue weighted by Gasteiger charge is 2.19. The van der Waals surface area contributed by atoms with Crippen molar-refractivity contribution in [1.82, 2.24) is 10.3 Å². The first kappa shape index (κ1) is 18.0. The number of methoxy groups -OCH3 is 1. The highest BCUT2D eigenvalue weighted by molar-refractivity contribution is 6.01. The number of aryl methyl sites for hydroxylation is 1. The molecule has 1 aliphatic rings. The number of nitrogens with one attached hydrogen (secondary N) is 1. The summed E-state index contributed by atoms with van der Waals surface area (Å²) in [6.07, 6.45) is 3.41. The number of carbonyl (C=O) groups excluding carboxylic acids is 2. The molecule has 0 spiro atoms. The predicted molar refractivity (Wildman–Crippen MR) is 93.1 cm³/mol. The van der Waals surface area contributed by atoms with E-state index < -0.39 is 0 Å². The molecule has 6 nitrogen and oxygen atoms in total. The monoisotopic (exact) mass is 331 g/mol. The molecular formula is C18H25N3O3. The SMILES string of the molecule is COc1ccc(C)cc1/C(C)=N\NC(=O)CN1CCCCCC1=O. The van der Waals surface area contributed by atoms with E-state index in [4.69, 9.17) is 4.74 Å². The molecule has 130 valence electrons. The van der Waals surface area contributed by atoms with Crippen molar-refractivity contribution >= 4 is 17.5 Å². The molecule has 1 aliphatic heterocycles. The van der Waals surface area contributed by atoms with Crippen molar-refractivity contribution < 1.29 is 14.3 Å². The van der Waals surface area contributed by atoms with Gasteiger partial charge in [0.2, 0.25) is 5.91 Å². The maximum absolute atomic E-state index is 12.1. The van der Waals surface area contributed by atoms with Crippen LogP contribution in [0.25, 0.3) is 0 Å². The Bertz CT molecular complexity index is 640. The van der Waals surface area contributed by atoms with Crippen molar-refractivity contribution in [2.75, 3.05) is 20.2 Å². The van der Waals surface area contributed by atoms with E-state index in [0.717, 1.165) is 30.4 Å². The molecule has 2 rings (SSSR count). The minimum absolute atomic E-state index is 0.0451. The fourth-order valence-electron chi connectivity index (χ4n) is 2.73. The Morgan fingerprint density at radius 3 is 2.88 bits per heavy atom. The zero-order valence-electron chi connectivity index (χ0n) is 14.6. The maximum atomic E-state index is 12.1. The quantitative estimate of drug-likeness (QED) is 0.664. The van der Waals surface area contributed by atoms with Gasteiger partial charge >= 0.3 is 0 Å². The summed E-state index contributed by atoms with van der Waals surface area (Å²) in [5, 5.41) is 4.16. The summed E-state index contributed by atoms with van der Waals surface area (Å²) in [6.45, 7) is 4.50. The Kier molecular flexibility index (Phi) is 6.35. The number of carbonyl (C=O) groups is 2. The van der Waals surface area contributed by atoms with Crippen LogP contribution in [0, 0.1) is 6.92 Å². The van der Waals surface area contributed by atoms with Gasteiger partial charge in [-0.25, -0.2) is 5.43 Å². The molecule has 1 saturated heterocycles. The topological polar surface area (TPSA) is 71.0 Å². The van der Waals surface area contributed by atoms with Crippen molar-refractivity contribution in [2.24, 2.45) is 5.10 Å². The highest BCUT2D eigenvalue weighted by Crippen LogP contribution is 2.20. The smallest absolute Gasteiger partial charge is 0.259 e. The number of amides is 2. The first-order chi connectivity index (χ1) is 11.5. The summed E-state index contributed by atoms with van der Waals surface area (Å²) >= 11 is 0. The molecule has 1 N–H and O–H groups in total. The van der Waals surface area contributed by atoms with Gasteiger partial charge in [0.15, 0.2) is 0 Å². The number of hydrogen-bond donors (Lipinski definition) is 1. The Morgan fingerprint density at radius 1 is 1.33 bits per heavy atom. The Balaban J connectivity index is 2.00. The maximum Gasteiger partial charge on any atom is 0.259 e. The lowest BCUT2D eigenvalue weighted by atomic mass is 10.1. The van der Waals surface area contributed by atoms with Crippen LogP contribution in [0.5, 0.6) is 5.75 Å². The lowest BCUT2D eigenvalue weighted by Crippen LogP contribution is -2.39. The van der Waals surface area contributed by atoms with E-state index in [0.29, 0.717) is 24.4 Å². The first-order valence-corrected chi connectivity index (χ1v) is 8.27. The normalized spacial score (nSPS) is 15.9. The van der Waals surface area contributed by atoms with E-state index in [2.05, 4.69) is 10.5 Å². The second-order valence-corrected chi connectivity index (χ2v) is 6.06. The second kappa shape index (κ2) is 8.47. The average Bonchev–Trinajstić information content (AvgIpc) is 2.77. The molecule has 0 radical (unpaired) electrons. The van der Waals surface area contributed by atoms with Crippen molar-refractivity contribution in [3.8, 4) is 5.75 Å². The number of hydrazone groups is 1. The van der Waals surface area contributed by atoms with Crippen LogP contribution < -0.4 is 10.2 Å². The van der Waals surface area contributed by atoms with Crippen LogP contribution in [0.3, 0.4) is 0 Å². The van der Waals surface area contributed by atoms with Gasteiger partial charge in [-0.1, -0.05) is 18.1 Å². The summed E-state index contributed by atoms with van der Waals surface area (Å²) in [5.41, 5.74) is 5.12. The zero-order valence-corrected chi connectivity index (χ0v) is 14.6. The van der Waals surface area contributed by atoms with Gasteiger partial charge in [0.1, 0.15) is 12.3 Å². The van der Waals surface area contributed by atoms with Crippen LogP contribution in [0.2, 0.25) is 0 Å². The van der Waals surface area contributed by atoms with Crippen molar-refractivity contribution in [2.45, 2.75) is 39.5 Å². The van der Waals surface area contributed by atoms with E-state index in [1.165, 1.54) is 0 Å². The van der Waals surface area contributed by atoms with Gasteiger partial charge < -0.3 is 9.64 Å². The van der Waals surface area contributed by atoms with E-state index in [-0.39, 0.29) is 18.4 Å². The first-order valence-electron chi connectivity index (χ1n) is 8.27. The van der Waals surface area contributed by atoms with E-state index >= 15 is 0 Å². The summed E-state index contributed by atoms with van der Waals surface area (Å²) in [5.74, 6) is 0.471. The standard InChI is InChI=1S/C18H25N3O3/c1-13-8-9-16(24-3)15(11-13)14(2)19-20-17(22)12-21-10-6-4-5-7-18(21)23/h8-9,11H,4-7,10,12H2,1-3H3,(H,20,22)/b19-14-. The molecule has 0 unspecified atom stereocenters. The fourth-order valence-corrected chi connectivity index (χ4v) is 2.73. The molecule has 24 heavy (non-hydrogen) atoms. The lowest BCUT2D eigenvalue weighted by Gasteiger charge is -2.19. The molecule has 1 fully saturated rings. The van der Waals surface area contributed by atoms with Gasteiger partial charge in [-0.3, -0.25) is 9.59 Å². The Hall–Kier alpha value is -2.37. The largest absolute Gasteiger partial charge is 0.496 e. The summed E-state index contributed by atoms with van der Waals surface area (Å²) < 4.78 is 5.33. The molecule has 1 aromatic rings. The minimum Gasteiger partial charge on any atom is -0.496 e. The number of ether oxygens (including phenoxy) is 1. The Labute approximate surface area is 142 Å². The van der Waals surface area contributed by atoms with Crippen LogP contribution in [0.15, 0.2) is 23.3 Å². The molecule has 0 aromatic heterocycles. The van der Waals surface area contributed by atoms with Gasteiger partial charge in [-0.05, 0) is 38.8 Å². The van der Waals surface area contributed by atoms with Crippen LogP contribution in [0.4, 0.5) is 0 Å². The molecule has 0 aliphatic carbocycles. The highest BCUT2D eigenvalue weighted by atomic mass is 16.5. The second-order valence-electron chi connectivity index (χ2n) is 6.06. The molecule has 1 heterocycles. The molecular weight excluding hydrogens is 306 g/mol. The molecule has 0 saturated carbocycles. The van der Waals surface area contributed by atoms with Crippen LogP contribution in [0.1, 0.15) is 43.7 Å². The molecule has 0 atom stereocenters.